The van der Waals surface area contributed by atoms with Crippen LogP contribution < -0.4 is 4.72 Å². The van der Waals surface area contributed by atoms with Gasteiger partial charge in [0.25, 0.3) is 0 Å². The molecule has 0 fully saturated rings. The Balaban J connectivity index is 1.54. The fraction of sp³-hybridized carbons (Fsp3) is 0.174. The van der Waals surface area contributed by atoms with Gasteiger partial charge >= 0.3 is 5.97 Å². The number of benzene rings is 3. The molecule has 3 aromatic carbocycles. The lowest BCUT2D eigenvalue weighted by Crippen LogP contribution is -2.39. The molecule has 148 valence electrons. The van der Waals surface area contributed by atoms with Crippen molar-refractivity contribution in [1.82, 2.24) is 4.72 Å². The highest BCUT2D eigenvalue weighted by Crippen LogP contribution is 2.45. The molecule has 3 aromatic rings. The molecule has 1 aliphatic carbocycles. The molecule has 0 unspecified atom stereocenters. The van der Waals surface area contributed by atoms with E-state index in [2.05, 4.69) is 4.72 Å². The largest absolute Gasteiger partial charge is 0.451 e. The van der Waals surface area contributed by atoms with Crippen molar-refractivity contribution in [3.8, 4) is 11.1 Å². The summed E-state index contributed by atoms with van der Waals surface area (Å²) < 4.78 is 33.3. The van der Waals surface area contributed by atoms with Gasteiger partial charge in [-0.1, -0.05) is 66.2 Å². The van der Waals surface area contributed by atoms with E-state index in [0.29, 0.717) is 0 Å². The number of sulfonamides is 1. The zero-order chi connectivity index (χ0) is 20.6. The highest BCUT2D eigenvalue weighted by atomic mass is 32.2. The molecule has 1 atom stereocenters. The van der Waals surface area contributed by atoms with Crippen LogP contribution in [0.3, 0.4) is 0 Å². The maximum Gasteiger partial charge on any atom is 0.324 e. The lowest BCUT2D eigenvalue weighted by Gasteiger charge is -2.19. The highest BCUT2D eigenvalue weighted by molar-refractivity contribution is 7.89. The van der Waals surface area contributed by atoms with Crippen LogP contribution in [-0.2, 0) is 19.6 Å². The quantitative estimate of drug-likeness (QED) is 0.650. The predicted octanol–water partition coefficient (Wildman–Crippen LogP) is 3.98. The van der Waals surface area contributed by atoms with Crippen molar-refractivity contribution >= 4 is 16.0 Å². The molecule has 1 aliphatic rings. The van der Waals surface area contributed by atoms with Crippen molar-refractivity contribution in [2.45, 2.75) is 30.9 Å². The van der Waals surface area contributed by atoms with Crippen molar-refractivity contribution in [2.24, 2.45) is 0 Å². The van der Waals surface area contributed by atoms with Crippen LogP contribution in [0.4, 0.5) is 0 Å². The van der Waals surface area contributed by atoms with Crippen LogP contribution in [0.1, 0.15) is 29.7 Å². The summed E-state index contributed by atoms with van der Waals surface area (Å²) in [5.74, 6) is -0.628. The number of hydrogen-bond donors (Lipinski definition) is 1. The zero-order valence-electron chi connectivity index (χ0n) is 16.1. The molecule has 6 heteroatoms. The summed E-state index contributed by atoms with van der Waals surface area (Å²) in [6, 6.07) is 20.9. The van der Waals surface area contributed by atoms with E-state index in [9.17, 15) is 13.2 Å². The third-order valence-electron chi connectivity index (χ3n) is 5.03. The van der Waals surface area contributed by atoms with Gasteiger partial charge in [-0.2, -0.15) is 4.72 Å². The van der Waals surface area contributed by atoms with Gasteiger partial charge < -0.3 is 4.74 Å². The normalized spacial score (nSPS) is 14.1. The second-order valence-electron chi connectivity index (χ2n) is 7.15. The van der Waals surface area contributed by atoms with E-state index in [-0.39, 0.29) is 4.90 Å². The summed E-state index contributed by atoms with van der Waals surface area (Å²) in [7, 11) is -3.83. The van der Waals surface area contributed by atoms with E-state index >= 15 is 0 Å². The molecule has 0 bridgehead atoms. The van der Waals surface area contributed by atoms with Crippen LogP contribution in [-0.4, -0.2) is 20.4 Å². The van der Waals surface area contributed by atoms with Gasteiger partial charge in [-0.3, -0.25) is 4.79 Å². The van der Waals surface area contributed by atoms with Crippen LogP contribution in [0.25, 0.3) is 11.1 Å². The van der Waals surface area contributed by atoms with Gasteiger partial charge in [-0.25, -0.2) is 8.42 Å². The molecular formula is C23H21NO4S. The van der Waals surface area contributed by atoms with Crippen LogP contribution in [0.15, 0.2) is 77.7 Å². The van der Waals surface area contributed by atoms with Crippen LogP contribution in [0.5, 0.6) is 0 Å². The molecule has 0 radical (unpaired) electrons. The molecule has 5 nitrogen and oxygen atoms in total. The van der Waals surface area contributed by atoms with Gasteiger partial charge in [0.05, 0.1) is 4.90 Å². The number of carbonyl (C=O) groups excluding carboxylic acids is 1. The summed E-state index contributed by atoms with van der Waals surface area (Å²) in [6.45, 7) is 3.36. The van der Waals surface area contributed by atoms with Crippen molar-refractivity contribution in [3.63, 3.8) is 0 Å². The van der Waals surface area contributed by atoms with Gasteiger partial charge in [-0.05, 0) is 37.1 Å². The van der Waals surface area contributed by atoms with Gasteiger partial charge in [0.1, 0.15) is 6.04 Å². The van der Waals surface area contributed by atoms with E-state index < -0.39 is 28.1 Å². The molecule has 0 aliphatic heterocycles. The summed E-state index contributed by atoms with van der Waals surface area (Å²) in [5, 5.41) is 0. The standard InChI is InChI=1S/C23H21NO4S/c1-15-11-13-17(14-12-15)29(26,27)24-16(2)23(25)28-22-20-9-5-3-7-18(20)19-8-4-6-10-21(19)22/h3-14,16,22,24H,1-2H3/t16-/m0/s1. The van der Waals surface area contributed by atoms with E-state index in [0.717, 1.165) is 27.8 Å². The summed E-state index contributed by atoms with van der Waals surface area (Å²) >= 11 is 0. The first-order valence-electron chi connectivity index (χ1n) is 9.34. The Morgan fingerprint density at radius 3 is 1.97 bits per heavy atom. The van der Waals surface area contributed by atoms with Crippen molar-refractivity contribution in [1.29, 1.82) is 0 Å². The van der Waals surface area contributed by atoms with E-state index in [1.807, 2.05) is 55.5 Å². The predicted molar refractivity (Wildman–Crippen MR) is 111 cm³/mol. The maximum atomic E-state index is 12.7. The Kier molecular flexibility index (Phi) is 4.98. The number of ether oxygens (including phenoxy) is 1. The first kappa shape index (κ1) is 19.4. The number of hydrogen-bond acceptors (Lipinski definition) is 4. The molecule has 0 spiro atoms. The minimum Gasteiger partial charge on any atom is -0.451 e. The second kappa shape index (κ2) is 7.46. The van der Waals surface area contributed by atoms with Crippen molar-refractivity contribution in [2.75, 3.05) is 0 Å². The molecule has 0 saturated heterocycles. The SMILES string of the molecule is Cc1ccc(S(=O)(=O)N[C@@H](C)C(=O)OC2c3ccccc3-c3ccccc32)cc1. The van der Waals surface area contributed by atoms with Crippen LogP contribution in [0.2, 0.25) is 0 Å². The zero-order valence-corrected chi connectivity index (χ0v) is 16.9. The number of aryl methyl sites for hydroxylation is 1. The fourth-order valence-electron chi connectivity index (χ4n) is 3.52. The Labute approximate surface area is 170 Å². The molecule has 1 N–H and O–H groups in total. The molecule has 0 amide bonds. The van der Waals surface area contributed by atoms with Gasteiger partial charge in [0.2, 0.25) is 10.0 Å². The monoisotopic (exact) mass is 407 g/mol. The van der Waals surface area contributed by atoms with E-state index in [1.165, 1.54) is 19.1 Å². The van der Waals surface area contributed by atoms with E-state index in [4.69, 9.17) is 4.74 Å². The van der Waals surface area contributed by atoms with Crippen LogP contribution in [0, 0.1) is 6.92 Å². The molecule has 0 saturated carbocycles. The number of esters is 1. The maximum absolute atomic E-state index is 12.7. The first-order chi connectivity index (χ1) is 13.9. The van der Waals surface area contributed by atoms with Gasteiger partial charge in [0, 0.05) is 11.1 Å². The second-order valence-corrected chi connectivity index (χ2v) is 8.86. The lowest BCUT2D eigenvalue weighted by molar-refractivity contribution is -0.148. The van der Waals surface area contributed by atoms with Crippen molar-refractivity contribution < 1.29 is 17.9 Å². The Morgan fingerprint density at radius 1 is 0.897 bits per heavy atom. The van der Waals surface area contributed by atoms with Crippen molar-refractivity contribution in [3.05, 3.63) is 89.5 Å². The molecular weight excluding hydrogens is 386 g/mol. The smallest absolute Gasteiger partial charge is 0.324 e. The molecule has 4 rings (SSSR count). The minimum absolute atomic E-state index is 0.110. The Bertz CT molecular complexity index is 1120. The average molecular weight is 407 g/mol. The number of nitrogens with one attached hydrogen (secondary N) is 1. The Hall–Kier alpha value is -2.96. The Morgan fingerprint density at radius 2 is 1.41 bits per heavy atom. The van der Waals surface area contributed by atoms with Gasteiger partial charge in [0.15, 0.2) is 6.10 Å². The highest BCUT2D eigenvalue weighted by Gasteiger charge is 2.33. The molecule has 0 aromatic heterocycles. The summed E-state index contributed by atoms with van der Waals surface area (Å²) in [6.07, 6.45) is -0.554. The number of carbonyl (C=O) groups is 1. The average Bonchev–Trinajstić information content (AvgIpc) is 3.02. The summed E-state index contributed by atoms with van der Waals surface area (Å²) in [4.78, 5) is 12.8. The number of rotatable bonds is 5. The molecule has 0 heterocycles. The molecule has 29 heavy (non-hydrogen) atoms. The van der Waals surface area contributed by atoms with Crippen LogP contribution >= 0.6 is 0 Å². The lowest BCUT2D eigenvalue weighted by atomic mass is 10.1. The van der Waals surface area contributed by atoms with Gasteiger partial charge in [-0.15, -0.1) is 0 Å². The fourth-order valence-corrected chi connectivity index (χ4v) is 4.71. The third-order valence-corrected chi connectivity index (χ3v) is 6.58. The van der Waals surface area contributed by atoms with E-state index in [1.54, 1.807) is 12.1 Å². The third kappa shape index (κ3) is 3.69. The number of fused-ring (bicyclic) bond motifs is 3. The minimum atomic E-state index is -3.83. The summed E-state index contributed by atoms with van der Waals surface area (Å²) in [5.41, 5.74) is 4.80. The first-order valence-corrected chi connectivity index (χ1v) is 10.8. The topological polar surface area (TPSA) is 72.5 Å².